The van der Waals surface area contributed by atoms with Crippen molar-refractivity contribution >= 4 is 38.7 Å². The number of pyridine rings is 1. The molecule has 0 bridgehead atoms. The van der Waals surface area contributed by atoms with Crippen LogP contribution in [0.5, 0.6) is 0 Å². The Kier molecular flexibility index (Phi) is 6.37. The average Bonchev–Trinajstić information content (AvgIpc) is 3.19. The number of benzene rings is 1. The Labute approximate surface area is 200 Å². The van der Waals surface area contributed by atoms with Crippen molar-refractivity contribution in [3.05, 3.63) is 64.7 Å². The Morgan fingerprint density at radius 1 is 1.31 bits per heavy atom. The van der Waals surface area contributed by atoms with E-state index in [1.165, 1.54) is 18.2 Å². The molecule has 0 radical (unpaired) electrons. The fourth-order valence-corrected chi connectivity index (χ4v) is 6.37. The van der Waals surface area contributed by atoms with E-state index in [4.69, 9.17) is 15.7 Å². The summed E-state index contributed by atoms with van der Waals surface area (Å²) in [4.78, 5) is 7.98. The molecule has 1 fully saturated rings. The van der Waals surface area contributed by atoms with Crippen molar-refractivity contribution < 1.29 is 35.1 Å². The maximum Gasteiger partial charge on any atom is 0.499 e. The second-order valence-electron chi connectivity index (χ2n) is 7.74. The lowest BCUT2D eigenvalue weighted by Crippen LogP contribution is -2.46. The number of sulfone groups is 1. The number of nitrogens with two attached hydrogens (primary N) is 1. The number of hydrogen-bond donors (Lipinski definition) is 1. The van der Waals surface area contributed by atoms with E-state index in [1.54, 1.807) is 0 Å². The number of aromatic nitrogens is 1. The maximum absolute atomic E-state index is 15.0. The van der Waals surface area contributed by atoms with Crippen molar-refractivity contribution in [2.75, 3.05) is 12.4 Å². The molecule has 4 rings (SSSR count). The van der Waals surface area contributed by atoms with Crippen molar-refractivity contribution in [3.8, 4) is 6.07 Å². The smallest absolute Gasteiger partial charge is 0.379 e. The molecule has 7 nitrogen and oxygen atoms in total. The molecule has 2 N–H and O–H groups in total. The Bertz CT molecular complexity index is 1370. The molecule has 3 atom stereocenters. The first-order valence-corrected chi connectivity index (χ1v) is 12.4. The largest absolute Gasteiger partial charge is 0.499 e. The number of rotatable bonds is 4. The Hall–Kier alpha value is -3.02. The monoisotopic (exact) mass is 530 g/mol. The van der Waals surface area contributed by atoms with E-state index >= 15 is 4.39 Å². The molecular formula is C21H15F5N4O3S2. The predicted molar refractivity (Wildman–Crippen MR) is 118 cm³/mol. The number of ether oxygens (including phenoxy) is 1. The van der Waals surface area contributed by atoms with Crippen molar-refractivity contribution in [3.63, 3.8) is 0 Å². The molecule has 35 heavy (non-hydrogen) atoms. The molecule has 1 aromatic heterocycles. The number of hydrogen-bond acceptors (Lipinski definition) is 8. The second-order valence-corrected chi connectivity index (χ2v) is 10.8. The average molecular weight is 531 g/mol. The number of fused-ring (bicyclic) bond motifs is 1. The van der Waals surface area contributed by atoms with E-state index in [-0.39, 0.29) is 33.3 Å². The van der Waals surface area contributed by atoms with Gasteiger partial charge in [-0.3, -0.25) is 4.98 Å². The number of alkyl halides is 3. The van der Waals surface area contributed by atoms with Gasteiger partial charge in [-0.1, -0.05) is 17.8 Å². The van der Waals surface area contributed by atoms with Gasteiger partial charge in [-0.05, 0) is 35.9 Å². The van der Waals surface area contributed by atoms with E-state index < -0.39 is 50.5 Å². The summed E-state index contributed by atoms with van der Waals surface area (Å²) in [5.41, 5.74) is -4.06. The summed E-state index contributed by atoms with van der Waals surface area (Å²) in [7, 11) is -5.77. The highest BCUT2D eigenvalue weighted by Crippen LogP contribution is 2.51. The molecule has 3 heterocycles. The van der Waals surface area contributed by atoms with Gasteiger partial charge in [0.05, 0.1) is 17.9 Å². The maximum atomic E-state index is 15.0. The summed E-state index contributed by atoms with van der Waals surface area (Å²) in [5, 5.41) is 8.74. The minimum absolute atomic E-state index is 0.0804. The SMILES string of the molecule is N#Cc1ccc(/C(F)=C/c2ccc(F)c([C@@]34CO[C@H](S(=O)(=O)C(F)(F)F)[C@H]3CSC(N)=N4)c2)nc1. The van der Waals surface area contributed by atoms with Crippen molar-refractivity contribution in [1.82, 2.24) is 4.98 Å². The fraction of sp³-hybridized carbons (Fsp3) is 0.286. The molecule has 1 aromatic carbocycles. The summed E-state index contributed by atoms with van der Waals surface area (Å²) in [6.45, 7) is -0.678. The standard InChI is InChI=1S/C21H15F5N4O3S2/c22-15-3-1-11(6-16(23)17-4-2-12(7-27)8-29-17)5-13(15)20-10-33-18(35(31,32)21(24,25)26)14(20)9-34-19(28)30-20/h1-6,8,14,18H,9-10H2,(H2,28,30)/b16-6-/t14-,18-,20+/m1/s1. The van der Waals surface area contributed by atoms with E-state index in [0.29, 0.717) is 0 Å². The lowest BCUT2D eigenvalue weighted by Gasteiger charge is -2.35. The van der Waals surface area contributed by atoms with Gasteiger partial charge in [0.25, 0.3) is 9.84 Å². The summed E-state index contributed by atoms with van der Waals surface area (Å²) < 4.78 is 98.9. The molecule has 0 saturated carbocycles. The van der Waals surface area contributed by atoms with Crippen LogP contribution >= 0.6 is 11.8 Å². The topological polar surface area (TPSA) is 118 Å². The zero-order valence-corrected chi connectivity index (χ0v) is 19.1. The number of halogens is 5. The second kappa shape index (κ2) is 8.89. The molecule has 184 valence electrons. The van der Waals surface area contributed by atoms with Crippen LogP contribution in [0.4, 0.5) is 22.0 Å². The van der Waals surface area contributed by atoms with Crippen LogP contribution in [0.1, 0.15) is 22.4 Å². The normalized spacial score (nSPS) is 25.0. The van der Waals surface area contributed by atoms with Gasteiger partial charge in [-0.25, -0.2) is 22.2 Å². The van der Waals surface area contributed by atoms with Crippen LogP contribution in [-0.4, -0.2) is 41.9 Å². The number of amidine groups is 1. The van der Waals surface area contributed by atoms with Gasteiger partial charge >= 0.3 is 5.51 Å². The van der Waals surface area contributed by atoms with Crippen molar-refractivity contribution in [2.45, 2.75) is 16.5 Å². The van der Waals surface area contributed by atoms with Crippen LogP contribution in [0.25, 0.3) is 11.9 Å². The lowest BCUT2D eigenvalue weighted by molar-refractivity contribution is -0.0489. The number of nitriles is 1. The van der Waals surface area contributed by atoms with Gasteiger partial charge < -0.3 is 10.5 Å². The van der Waals surface area contributed by atoms with Crippen LogP contribution in [0.3, 0.4) is 0 Å². The first kappa shape index (κ1) is 25.1. The van der Waals surface area contributed by atoms with Crippen LogP contribution in [0, 0.1) is 23.1 Å². The third kappa shape index (κ3) is 4.39. The lowest BCUT2D eigenvalue weighted by atomic mass is 9.80. The van der Waals surface area contributed by atoms with Crippen LogP contribution < -0.4 is 5.73 Å². The van der Waals surface area contributed by atoms with Crippen LogP contribution in [0.15, 0.2) is 41.5 Å². The molecule has 2 aliphatic heterocycles. The Balaban J connectivity index is 1.79. The molecule has 2 aliphatic rings. The van der Waals surface area contributed by atoms with Gasteiger partial charge in [0, 0.05) is 23.4 Å². The zero-order valence-electron chi connectivity index (χ0n) is 17.5. The summed E-state index contributed by atoms with van der Waals surface area (Å²) in [6.07, 6.45) is 2.17. The first-order chi connectivity index (χ1) is 16.4. The zero-order chi connectivity index (χ0) is 25.6. The number of aliphatic imine (C=N–C) groups is 1. The van der Waals surface area contributed by atoms with Gasteiger partial charge in [0.1, 0.15) is 23.3 Å². The molecule has 0 spiro atoms. The van der Waals surface area contributed by atoms with Gasteiger partial charge in [-0.15, -0.1) is 0 Å². The molecule has 1 saturated heterocycles. The van der Waals surface area contributed by atoms with E-state index in [9.17, 15) is 26.0 Å². The predicted octanol–water partition coefficient (Wildman–Crippen LogP) is 3.72. The van der Waals surface area contributed by atoms with E-state index in [2.05, 4.69) is 9.98 Å². The highest BCUT2D eigenvalue weighted by atomic mass is 32.2. The highest BCUT2D eigenvalue weighted by molar-refractivity contribution is 8.13. The molecule has 2 aromatic rings. The highest BCUT2D eigenvalue weighted by Gasteiger charge is 2.63. The third-order valence-corrected chi connectivity index (χ3v) is 8.28. The minimum Gasteiger partial charge on any atom is -0.379 e. The number of thioether (sulfide) groups is 1. The first-order valence-electron chi connectivity index (χ1n) is 9.83. The molecule has 0 aliphatic carbocycles. The Morgan fingerprint density at radius 3 is 2.69 bits per heavy atom. The summed E-state index contributed by atoms with van der Waals surface area (Å²) in [6, 6.07) is 7.81. The van der Waals surface area contributed by atoms with Crippen molar-refractivity contribution in [1.29, 1.82) is 5.26 Å². The quantitative estimate of drug-likeness (QED) is 0.599. The van der Waals surface area contributed by atoms with E-state index in [0.717, 1.165) is 36.2 Å². The summed E-state index contributed by atoms with van der Waals surface area (Å²) >= 11 is 0.830. The number of nitrogens with zero attached hydrogens (tertiary/aromatic N) is 3. The van der Waals surface area contributed by atoms with Gasteiger partial charge in [0.15, 0.2) is 10.6 Å². The summed E-state index contributed by atoms with van der Waals surface area (Å²) in [5.74, 6) is -3.37. The van der Waals surface area contributed by atoms with Crippen LogP contribution in [0.2, 0.25) is 0 Å². The minimum atomic E-state index is -5.77. The fourth-order valence-electron chi connectivity index (χ4n) is 3.95. The third-order valence-electron chi connectivity index (χ3n) is 5.65. The molecule has 0 amide bonds. The van der Waals surface area contributed by atoms with Gasteiger partial charge in [0.2, 0.25) is 0 Å². The van der Waals surface area contributed by atoms with E-state index in [1.807, 2.05) is 6.07 Å². The van der Waals surface area contributed by atoms with Crippen molar-refractivity contribution in [2.24, 2.45) is 16.6 Å². The molecule has 0 unspecified atom stereocenters. The van der Waals surface area contributed by atoms with Gasteiger partial charge in [-0.2, -0.15) is 18.4 Å². The molecular weight excluding hydrogens is 515 g/mol. The Morgan fingerprint density at radius 2 is 2.06 bits per heavy atom. The van der Waals surface area contributed by atoms with Crippen LogP contribution in [-0.2, 0) is 20.1 Å². The molecule has 14 heteroatoms.